The fourth-order valence-corrected chi connectivity index (χ4v) is 0. The van der Waals surface area contributed by atoms with E-state index in [0.29, 0.717) is 0 Å². The van der Waals surface area contributed by atoms with Crippen LogP contribution in [-0.2, 0) is 57.6 Å². The number of hydrogen-bond acceptors (Lipinski definition) is 0. The predicted octanol–water partition coefficient (Wildman–Crippen LogP) is -0.656. The van der Waals surface area contributed by atoms with Gasteiger partial charge in [-0.2, -0.15) is 0 Å². The molecule has 0 nitrogen and oxygen atoms in total. The van der Waals surface area contributed by atoms with Crippen molar-refractivity contribution in [1.82, 2.24) is 0 Å². The van der Waals surface area contributed by atoms with Crippen molar-refractivity contribution in [1.29, 1.82) is 0 Å². The van der Waals surface area contributed by atoms with Crippen LogP contribution in [0.4, 0.5) is 0 Å². The van der Waals surface area contributed by atoms with Crippen LogP contribution in [0, 0.1) is 0 Å². The van der Waals surface area contributed by atoms with Crippen LogP contribution in [0.15, 0.2) is 0 Å². The van der Waals surface area contributed by atoms with Crippen molar-refractivity contribution in [2.45, 2.75) is 0 Å². The zero-order valence-electron chi connectivity index (χ0n) is 1.94. The van der Waals surface area contributed by atoms with Crippen molar-refractivity contribution in [3.8, 4) is 0 Å². The molecule has 0 saturated carbocycles. The van der Waals surface area contributed by atoms with E-state index in [9.17, 15) is 0 Å². The van der Waals surface area contributed by atoms with Crippen LogP contribution in [-0.4, -0.2) is 17.1 Å². The Balaban J connectivity index is 0. The summed E-state index contributed by atoms with van der Waals surface area (Å²) in [4.78, 5) is 0. The van der Waals surface area contributed by atoms with Gasteiger partial charge in [-0.15, -0.1) is 0 Å². The third-order valence-electron chi connectivity index (χ3n) is 0. The molecule has 0 heterocycles. The summed E-state index contributed by atoms with van der Waals surface area (Å²) in [5, 5.41) is 0. The van der Waals surface area contributed by atoms with Crippen LogP contribution in [0.1, 0.15) is 0 Å². The molecule has 0 atom stereocenters. The quantitative estimate of drug-likeness (QED) is 0.521. The smallest absolute Gasteiger partial charge is 0 e. The second-order valence-corrected chi connectivity index (χ2v) is 0. The molecule has 0 aromatic heterocycles. The van der Waals surface area contributed by atoms with Gasteiger partial charge in [-0.05, 0) is 0 Å². The standard InChI is InChI=1S/Mn.Mo.HSe.Zn/h;;1H;. The van der Waals surface area contributed by atoms with Crippen molar-refractivity contribution < 1.29 is 57.6 Å². The van der Waals surface area contributed by atoms with E-state index in [4.69, 9.17) is 0 Å². The maximum Gasteiger partial charge on any atom is 0 e. The van der Waals surface area contributed by atoms with Crippen molar-refractivity contribution in [2.24, 2.45) is 0 Å². The molecule has 0 amide bonds. The molecule has 0 spiro atoms. The van der Waals surface area contributed by atoms with Crippen LogP contribution in [0.25, 0.3) is 0 Å². The van der Waals surface area contributed by atoms with Gasteiger partial charge in [0, 0.05) is 57.6 Å². The van der Waals surface area contributed by atoms with E-state index >= 15 is 0 Å². The van der Waals surface area contributed by atoms with Crippen molar-refractivity contribution in [3.05, 3.63) is 0 Å². The molecule has 4 heteroatoms. The second kappa shape index (κ2) is 18.3. The molecule has 0 rings (SSSR count). The van der Waals surface area contributed by atoms with E-state index in [1.807, 2.05) is 0 Å². The Kier molecular flexibility index (Phi) is 151. The topological polar surface area (TPSA) is 0 Å². The Morgan fingerprint density at radius 3 is 1.00 bits per heavy atom. The summed E-state index contributed by atoms with van der Waals surface area (Å²) in [6, 6.07) is 0. The first-order valence-electron chi connectivity index (χ1n) is 0. The Labute approximate surface area is 73.8 Å². The fourth-order valence-electron chi connectivity index (χ4n) is 0. The summed E-state index contributed by atoms with van der Waals surface area (Å²) < 4.78 is 0. The molecule has 0 aliphatic heterocycles. The number of hydrogen-bond donors (Lipinski definition) is 0. The van der Waals surface area contributed by atoms with Gasteiger partial charge in [-0.25, -0.2) is 0 Å². The van der Waals surface area contributed by atoms with Crippen molar-refractivity contribution >= 4 is 17.1 Å². The minimum Gasteiger partial charge on any atom is 0 e. The Bertz CT molecular complexity index is 8.00. The van der Waals surface area contributed by atoms with Gasteiger partial charge in [0.1, 0.15) is 0 Å². The summed E-state index contributed by atoms with van der Waals surface area (Å²) in [5.41, 5.74) is 0. The molecule has 4 heavy (non-hydrogen) atoms. The zero-order valence-corrected chi connectivity index (χ0v) is 9.97. The monoisotopic (exact) mass is 298 g/mol. The van der Waals surface area contributed by atoms with Crippen LogP contribution in [0.3, 0.4) is 0 Å². The maximum absolute atomic E-state index is 0. The third kappa shape index (κ3) is 8.84. The molecule has 0 saturated heterocycles. The molecule has 0 aliphatic rings. The first kappa shape index (κ1) is 32.9. The zero-order chi connectivity index (χ0) is 0. The van der Waals surface area contributed by atoms with Gasteiger partial charge >= 0.3 is 17.1 Å². The molecule has 0 aliphatic carbocycles. The van der Waals surface area contributed by atoms with E-state index in [0.717, 1.165) is 0 Å². The van der Waals surface area contributed by atoms with E-state index in [1.165, 1.54) is 0 Å². The van der Waals surface area contributed by atoms with Gasteiger partial charge in [0.2, 0.25) is 0 Å². The molecule has 0 fully saturated rings. The van der Waals surface area contributed by atoms with Crippen LogP contribution in [0.2, 0.25) is 0 Å². The second-order valence-electron chi connectivity index (χ2n) is 0. The van der Waals surface area contributed by atoms with Gasteiger partial charge in [-0.3, -0.25) is 0 Å². The summed E-state index contributed by atoms with van der Waals surface area (Å²) in [7, 11) is 0. The average Bonchev–Trinajstić information content (AvgIpc) is 0. The molecule has 0 bridgehead atoms. The van der Waals surface area contributed by atoms with Gasteiger partial charge in [0.15, 0.2) is 0 Å². The fraction of sp³-hybridized carbons (Fsp3) is 0. The summed E-state index contributed by atoms with van der Waals surface area (Å²) in [5.74, 6) is 0. The maximum atomic E-state index is 0. The molecular formula is HMnMoSeZn. The average molecular weight is 296 g/mol. The first-order valence-corrected chi connectivity index (χ1v) is 0. The van der Waals surface area contributed by atoms with Gasteiger partial charge in [0.25, 0.3) is 0 Å². The third-order valence-corrected chi connectivity index (χ3v) is 0. The van der Waals surface area contributed by atoms with Crippen molar-refractivity contribution in [3.63, 3.8) is 0 Å². The summed E-state index contributed by atoms with van der Waals surface area (Å²) in [6.07, 6.45) is 0. The molecule has 2 radical (unpaired) electrons. The molecule has 0 aromatic rings. The first-order chi connectivity index (χ1) is 0. The Morgan fingerprint density at radius 2 is 1.00 bits per heavy atom. The largest absolute Gasteiger partial charge is 0 e. The van der Waals surface area contributed by atoms with E-state index in [-0.39, 0.29) is 74.7 Å². The molecule has 0 unspecified atom stereocenters. The predicted molar refractivity (Wildman–Crippen MR) is 7.15 cm³/mol. The van der Waals surface area contributed by atoms with Gasteiger partial charge in [0.05, 0.1) is 0 Å². The normalized spacial score (nSPS) is 0. The SMILES string of the molecule is [Mn].[Mo].[SeH].[Zn]. The van der Waals surface area contributed by atoms with Crippen LogP contribution in [0.5, 0.6) is 0 Å². The van der Waals surface area contributed by atoms with Gasteiger partial charge < -0.3 is 0 Å². The number of rotatable bonds is 0. The van der Waals surface area contributed by atoms with Gasteiger partial charge in [-0.1, -0.05) is 0 Å². The summed E-state index contributed by atoms with van der Waals surface area (Å²) in [6.45, 7) is 0. The van der Waals surface area contributed by atoms with E-state index < -0.39 is 0 Å². The van der Waals surface area contributed by atoms with Crippen molar-refractivity contribution in [2.75, 3.05) is 0 Å². The minimum absolute atomic E-state index is 0. The van der Waals surface area contributed by atoms with Crippen LogP contribution < -0.4 is 0 Å². The Morgan fingerprint density at radius 1 is 1.00 bits per heavy atom. The van der Waals surface area contributed by atoms with E-state index in [1.54, 1.807) is 0 Å². The minimum atomic E-state index is 0. The molecule has 0 aromatic carbocycles. The molecular weight excluding hydrogens is 295 g/mol. The molecule has 0 N–H and O–H groups in total. The summed E-state index contributed by atoms with van der Waals surface area (Å²) >= 11 is 0. The Hall–Kier alpha value is 2.35. The van der Waals surface area contributed by atoms with Crippen LogP contribution >= 0.6 is 0 Å². The molecule has 22 valence electrons. The van der Waals surface area contributed by atoms with E-state index in [2.05, 4.69) is 0 Å².